The van der Waals surface area contributed by atoms with Gasteiger partial charge in [0.2, 0.25) is 5.88 Å². The lowest BCUT2D eigenvalue weighted by molar-refractivity contribution is -0.137. The van der Waals surface area contributed by atoms with Gasteiger partial charge in [0, 0.05) is 31.1 Å². The molecular formula is C19H14ClF3N6O3. The van der Waals surface area contributed by atoms with Crippen LogP contribution in [0.4, 0.5) is 29.5 Å². The second kappa shape index (κ2) is 9.47. The number of urea groups is 1. The van der Waals surface area contributed by atoms with E-state index >= 15 is 0 Å². The maximum Gasteiger partial charge on any atom is 0.417 e. The highest BCUT2D eigenvalue weighted by atomic mass is 35.5. The Balaban J connectivity index is 1.69. The number of alkyl halides is 3. The van der Waals surface area contributed by atoms with Crippen LogP contribution in [0.25, 0.3) is 0 Å². The van der Waals surface area contributed by atoms with E-state index in [9.17, 15) is 22.8 Å². The first kappa shape index (κ1) is 22.7. The molecule has 0 aliphatic heterocycles. The molecule has 0 aliphatic rings. The summed E-state index contributed by atoms with van der Waals surface area (Å²) in [6, 6.07) is 6.27. The van der Waals surface area contributed by atoms with E-state index in [4.69, 9.17) is 16.3 Å². The summed E-state index contributed by atoms with van der Waals surface area (Å²) in [5.41, 5.74) is -1.08. The molecule has 166 valence electrons. The fraction of sp³-hybridized carbons (Fsp3) is 0.105. The fourth-order valence-corrected chi connectivity index (χ4v) is 2.63. The van der Waals surface area contributed by atoms with E-state index < -0.39 is 28.7 Å². The van der Waals surface area contributed by atoms with Gasteiger partial charge in [-0.15, -0.1) is 0 Å². The molecule has 3 amide bonds. The Bertz CT molecular complexity index is 1160. The Morgan fingerprint density at radius 3 is 2.53 bits per heavy atom. The number of anilines is 2. The number of benzene rings is 1. The minimum atomic E-state index is -4.67. The van der Waals surface area contributed by atoms with Crippen molar-refractivity contribution in [1.82, 2.24) is 20.3 Å². The summed E-state index contributed by atoms with van der Waals surface area (Å²) in [7, 11) is 1.46. The highest BCUT2D eigenvalue weighted by molar-refractivity contribution is 6.31. The van der Waals surface area contributed by atoms with Crippen LogP contribution >= 0.6 is 11.6 Å². The molecule has 0 saturated carbocycles. The van der Waals surface area contributed by atoms with E-state index in [-0.39, 0.29) is 28.8 Å². The summed E-state index contributed by atoms with van der Waals surface area (Å²) in [6.45, 7) is 0. The van der Waals surface area contributed by atoms with Crippen molar-refractivity contribution >= 4 is 35.0 Å². The van der Waals surface area contributed by atoms with Crippen LogP contribution in [0.1, 0.15) is 16.1 Å². The van der Waals surface area contributed by atoms with Gasteiger partial charge >= 0.3 is 12.2 Å². The average Bonchev–Trinajstić information content (AvgIpc) is 2.74. The summed E-state index contributed by atoms with van der Waals surface area (Å²) >= 11 is 5.56. The number of amides is 3. The first-order chi connectivity index (χ1) is 15.2. The molecule has 0 atom stereocenters. The van der Waals surface area contributed by atoms with Gasteiger partial charge in [-0.05, 0) is 24.3 Å². The normalized spacial score (nSPS) is 10.9. The van der Waals surface area contributed by atoms with E-state index in [0.717, 1.165) is 12.4 Å². The molecule has 2 heterocycles. The van der Waals surface area contributed by atoms with E-state index in [1.165, 1.54) is 37.5 Å². The lowest BCUT2D eigenvalue weighted by Crippen LogP contribution is -2.20. The molecule has 32 heavy (non-hydrogen) atoms. The van der Waals surface area contributed by atoms with Crippen molar-refractivity contribution in [2.24, 2.45) is 0 Å². The van der Waals surface area contributed by atoms with Gasteiger partial charge in [-0.25, -0.2) is 14.8 Å². The van der Waals surface area contributed by atoms with Gasteiger partial charge in [0.15, 0.2) is 0 Å². The first-order valence-corrected chi connectivity index (χ1v) is 9.16. The van der Waals surface area contributed by atoms with Crippen LogP contribution in [0.3, 0.4) is 0 Å². The number of carbonyl (C=O) groups excluding carboxylic acids is 2. The zero-order valence-corrected chi connectivity index (χ0v) is 17.0. The number of halogens is 4. The van der Waals surface area contributed by atoms with E-state index in [1.54, 1.807) is 0 Å². The molecule has 0 fully saturated rings. The van der Waals surface area contributed by atoms with Crippen LogP contribution in [-0.2, 0) is 6.18 Å². The molecule has 0 spiro atoms. The van der Waals surface area contributed by atoms with Crippen molar-refractivity contribution in [2.45, 2.75) is 6.18 Å². The second-order valence-electron chi connectivity index (χ2n) is 6.07. The average molecular weight is 467 g/mol. The summed E-state index contributed by atoms with van der Waals surface area (Å²) < 4.78 is 44.4. The molecule has 1 aromatic carbocycles. The third kappa shape index (κ3) is 5.82. The predicted octanol–water partition coefficient (Wildman–Crippen LogP) is 4.34. The Kier molecular flexibility index (Phi) is 6.73. The van der Waals surface area contributed by atoms with Gasteiger partial charge in [-0.3, -0.25) is 15.1 Å². The highest BCUT2D eigenvalue weighted by Crippen LogP contribution is 2.36. The molecule has 3 aromatic rings. The van der Waals surface area contributed by atoms with Gasteiger partial charge < -0.3 is 15.4 Å². The predicted molar refractivity (Wildman–Crippen MR) is 109 cm³/mol. The van der Waals surface area contributed by atoms with Crippen molar-refractivity contribution < 1.29 is 27.5 Å². The molecule has 3 rings (SSSR count). The summed E-state index contributed by atoms with van der Waals surface area (Å²) in [5.74, 6) is -0.102. The van der Waals surface area contributed by atoms with Crippen molar-refractivity contribution in [2.75, 3.05) is 17.7 Å². The van der Waals surface area contributed by atoms with E-state index in [0.29, 0.717) is 6.07 Å². The number of aromatic nitrogens is 3. The molecule has 0 unspecified atom stereocenters. The Hall–Kier alpha value is -3.93. The molecule has 3 N–H and O–H groups in total. The third-order valence-corrected chi connectivity index (χ3v) is 4.16. The molecule has 0 saturated heterocycles. The van der Waals surface area contributed by atoms with Crippen LogP contribution < -0.4 is 20.7 Å². The number of rotatable bonds is 5. The zero-order chi connectivity index (χ0) is 23.3. The second-order valence-corrected chi connectivity index (χ2v) is 6.48. The van der Waals surface area contributed by atoms with Crippen LogP contribution in [0.5, 0.6) is 11.6 Å². The smallest absolute Gasteiger partial charge is 0.417 e. The van der Waals surface area contributed by atoms with Crippen LogP contribution in [0, 0.1) is 0 Å². The molecule has 0 bridgehead atoms. The number of carbonyl (C=O) groups is 2. The summed E-state index contributed by atoms with van der Waals surface area (Å²) in [6.07, 6.45) is -2.19. The number of nitrogens with one attached hydrogen (secondary N) is 3. The van der Waals surface area contributed by atoms with E-state index in [1.807, 2.05) is 0 Å². The van der Waals surface area contributed by atoms with Crippen LogP contribution in [0.15, 0.2) is 48.9 Å². The Morgan fingerprint density at radius 2 is 1.81 bits per heavy atom. The summed E-state index contributed by atoms with van der Waals surface area (Å²) in [5, 5.41) is 6.56. The molecule has 9 nitrogen and oxygen atoms in total. The van der Waals surface area contributed by atoms with Crippen molar-refractivity contribution in [3.05, 3.63) is 65.2 Å². The lowest BCUT2D eigenvalue weighted by Gasteiger charge is -2.12. The van der Waals surface area contributed by atoms with Gasteiger partial charge in [-0.1, -0.05) is 11.6 Å². The van der Waals surface area contributed by atoms with Crippen LogP contribution in [-0.4, -0.2) is 33.9 Å². The molecule has 2 aromatic heterocycles. The summed E-state index contributed by atoms with van der Waals surface area (Å²) in [4.78, 5) is 35.5. The Labute approximate surface area is 184 Å². The molecule has 0 radical (unpaired) electrons. The SMILES string of the molecule is CNC(=O)c1cc(Oc2cc(NC(=O)Nc3ccc(Cl)c(C(F)(F)F)c3)ncn2)ccn1. The number of pyridine rings is 1. The number of ether oxygens (including phenoxy) is 1. The largest absolute Gasteiger partial charge is 0.439 e. The van der Waals surface area contributed by atoms with Gasteiger partial charge in [-0.2, -0.15) is 13.2 Å². The lowest BCUT2D eigenvalue weighted by atomic mass is 10.2. The Morgan fingerprint density at radius 1 is 1.03 bits per heavy atom. The van der Waals surface area contributed by atoms with Crippen molar-refractivity contribution in [3.8, 4) is 11.6 Å². The number of hydrogen-bond acceptors (Lipinski definition) is 6. The maximum atomic E-state index is 13.0. The van der Waals surface area contributed by atoms with Crippen molar-refractivity contribution in [3.63, 3.8) is 0 Å². The minimum Gasteiger partial charge on any atom is -0.439 e. The van der Waals surface area contributed by atoms with Gasteiger partial charge in [0.05, 0.1) is 10.6 Å². The van der Waals surface area contributed by atoms with Crippen molar-refractivity contribution in [1.29, 1.82) is 0 Å². The van der Waals surface area contributed by atoms with E-state index in [2.05, 4.69) is 30.9 Å². The number of hydrogen-bond donors (Lipinski definition) is 3. The zero-order valence-electron chi connectivity index (χ0n) is 16.2. The number of nitrogens with zero attached hydrogens (tertiary/aromatic N) is 3. The quantitative estimate of drug-likeness (QED) is 0.515. The van der Waals surface area contributed by atoms with Gasteiger partial charge in [0.25, 0.3) is 5.91 Å². The molecule has 13 heteroatoms. The fourth-order valence-electron chi connectivity index (χ4n) is 2.41. The minimum absolute atomic E-state index is 0.0121. The molecule has 0 aliphatic carbocycles. The highest BCUT2D eigenvalue weighted by Gasteiger charge is 2.33. The third-order valence-electron chi connectivity index (χ3n) is 3.83. The standard InChI is InChI=1S/C19H14ClF3N6O3/c1-24-17(30)14-7-11(4-5-25-14)32-16-8-15(26-9-27-16)29-18(31)28-10-2-3-13(20)12(6-10)19(21,22)23/h2-9H,1H3,(H,24,30)(H2,26,27,28,29,31). The first-order valence-electron chi connectivity index (χ1n) is 8.78. The monoisotopic (exact) mass is 466 g/mol. The molecular weight excluding hydrogens is 453 g/mol. The van der Waals surface area contributed by atoms with Crippen LogP contribution in [0.2, 0.25) is 5.02 Å². The van der Waals surface area contributed by atoms with Gasteiger partial charge in [0.1, 0.15) is 23.6 Å². The topological polar surface area (TPSA) is 118 Å². The maximum absolute atomic E-state index is 13.0.